The third kappa shape index (κ3) is 7.14. The van der Waals surface area contributed by atoms with Gasteiger partial charge in [-0.15, -0.1) is 0 Å². The van der Waals surface area contributed by atoms with E-state index in [1.807, 2.05) is 0 Å². The molecular formula is C16H26N2O15P2. The van der Waals surface area contributed by atoms with Crippen molar-refractivity contribution in [3.63, 3.8) is 0 Å². The summed E-state index contributed by atoms with van der Waals surface area (Å²) in [6, 6.07) is 0. The summed E-state index contributed by atoms with van der Waals surface area (Å²) in [6.45, 7) is -0.119. The molecule has 2 aliphatic heterocycles. The predicted octanol–water partition coefficient (Wildman–Crippen LogP) is -2.43. The third-order valence-corrected chi connectivity index (χ3v) is 7.86. The number of rotatable bonds is 9. The largest absolute Gasteiger partial charge is 0.483 e. The Labute approximate surface area is 196 Å². The number of nitrogens with one attached hydrogen (secondary N) is 1. The first-order valence-electron chi connectivity index (χ1n) is 10.2. The number of hydrogen-bond acceptors (Lipinski definition) is 13. The number of aliphatic hydroxyl groups is 4. The summed E-state index contributed by atoms with van der Waals surface area (Å²) in [5.74, 6) is 0. The zero-order valence-corrected chi connectivity index (χ0v) is 19.9. The molecule has 2 saturated heterocycles. The summed E-state index contributed by atoms with van der Waals surface area (Å²) in [4.78, 5) is 45.2. The number of hydrogen-bond donors (Lipinski definition) is 7. The van der Waals surface area contributed by atoms with Gasteiger partial charge in [-0.25, -0.2) is 13.9 Å². The summed E-state index contributed by atoms with van der Waals surface area (Å²) < 4.78 is 49.1. The van der Waals surface area contributed by atoms with Crippen LogP contribution in [-0.2, 0) is 32.0 Å². The van der Waals surface area contributed by atoms with Crippen molar-refractivity contribution in [1.29, 1.82) is 0 Å². The van der Waals surface area contributed by atoms with Crippen LogP contribution in [-0.4, -0.2) is 89.8 Å². The molecule has 1 aromatic heterocycles. The van der Waals surface area contributed by atoms with Crippen molar-refractivity contribution in [3.8, 4) is 0 Å². The van der Waals surface area contributed by atoms with Crippen LogP contribution in [0.1, 0.15) is 24.6 Å². The fourth-order valence-electron chi connectivity index (χ4n) is 3.46. The molecule has 0 saturated carbocycles. The Balaban J connectivity index is 1.57. The average Bonchev–Trinajstić information content (AvgIpc) is 3.11. The normalized spacial score (nSPS) is 34.9. The molecule has 17 nitrogen and oxygen atoms in total. The minimum atomic E-state index is -5.34. The van der Waals surface area contributed by atoms with Crippen LogP contribution in [0.5, 0.6) is 0 Å². The van der Waals surface area contributed by atoms with E-state index in [2.05, 4.69) is 18.3 Å². The van der Waals surface area contributed by atoms with Crippen LogP contribution < -0.4 is 11.2 Å². The van der Waals surface area contributed by atoms with E-state index in [-0.39, 0.29) is 12.0 Å². The van der Waals surface area contributed by atoms with Crippen molar-refractivity contribution >= 4 is 15.6 Å². The number of aromatic nitrogens is 2. The molecule has 200 valence electrons. The molecule has 35 heavy (non-hydrogen) atoms. The maximum absolute atomic E-state index is 12.2. The first-order valence-corrected chi connectivity index (χ1v) is 13.2. The zero-order chi connectivity index (χ0) is 26.1. The van der Waals surface area contributed by atoms with Crippen molar-refractivity contribution in [2.45, 2.75) is 62.8 Å². The fourth-order valence-corrected chi connectivity index (χ4v) is 5.61. The minimum absolute atomic E-state index is 0.142. The monoisotopic (exact) mass is 548 g/mol. The molecule has 0 aromatic carbocycles. The van der Waals surface area contributed by atoms with Gasteiger partial charge in [-0.2, -0.15) is 4.31 Å². The summed E-state index contributed by atoms with van der Waals surface area (Å²) >= 11 is 0. The lowest BCUT2D eigenvalue weighted by atomic mass is 10.0. The van der Waals surface area contributed by atoms with E-state index in [9.17, 15) is 43.8 Å². The van der Waals surface area contributed by atoms with Crippen molar-refractivity contribution in [1.82, 2.24) is 9.55 Å². The lowest BCUT2D eigenvalue weighted by Gasteiger charge is -2.36. The van der Waals surface area contributed by atoms with Crippen LogP contribution in [0.3, 0.4) is 0 Å². The molecule has 19 heteroatoms. The topological polar surface area (TPSA) is 257 Å². The van der Waals surface area contributed by atoms with Gasteiger partial charge < -0.3 is 39.7 Å². The van der Waals surface area contributed by atoms with Gasteiger partial charge in [0, 0.05) is 24.6 Å². The van der Waals surface area contributed by atoms with Gasteiger partial charge in [0.15, 0.2) is 6.29 Å². The van der Waals surface area contributed by atoms with Gasteiger partial charge >= 0.3 is 21.3 Å². The first kappa shape index (κ1) is 28.3. The maximum atomic E-state index is 12.2. The highest BCUT2D eigenvalue weighted by molar-refractivity contribution is 7.61. The van der Waals surface area contributed by atoms with Gasteiger partial charge in [-0.3, -0.25) is 23.4 Å². The lowest BCUT2D eigenvalue weighted by molar-refractivity contribution is -0.233. The second-order valence-electron chi connectivity index (χ2n) is 7.91. The Morgan fingerprint density at radius 2 is 1.77 bits per heavy atom. The molecule has 0 spiro atoms. The Kier molecular flexibility index (Phi) is 8.87. The summed E-state index contributed by atoms with van der Waals surface area (Å²) in [5.41, 5.74) is -1.21. The quantitative estimate of drug-likeness (QED) is 0.158. The van der Waals surface area contributed by atoms with Crippen LogP contribution >= 0.6 is 15.6 Å². The molecule has 7 unspecified atom stereocenters. The molecular weight excluding hydrogens is 522 g/mol. The Hall–Kier alpha value is -1.30. The van der Waals surface area contributed by atoms with Crippen LogP contribution in [0.25, 0.3) is 0 Å². The van der Waals surface area contributed by atoms with Crippen LogP contribution in [0.15, 0.2) is 15.8 Å². The zero-order valence-electron chi connectivity index (χ0n) is 18.1. The number of aryl methyl sites for hydroxylation is 1. The number of nitrogens with zero attached hydrogens (tertiary/aromatic N) is 1. The SMILES string of the molecule is Cc1cn(C2C[C@H](O)[C@@H](COP(=O)(O)OP(=O)(O)OC3CC(O)C(O)C(CO)O3)O2)c(=O)[nH]c1=O. The maximum Gasteiger partial charge on any atom is 0.483 e. The van der Waals surface area contributed by atoms with Gasteiger partial charge in [0.2, 0.25) is 0 Å². The fraction of sp³-hybridized carbons (Fsp3) is 0.750. The van der Waals surface area contributed by atoms with Crippen LogP contribution in [0.2, 0.25) is 0 Å². The Morgan fingerprint density at radius 3 is 2.43 bits per heavy atom. The molecule has 9 atom stereocenters. The second-order valence-corrected chi connectivity index (χ2v) is 10.9. The van der Waals surface area contributed by atoms with E-state index in [1.165, 1.54) is 13.1 Å². The molecule has 1 aromatic rings. The van der Waals surface area contributed by atoms with E-state index >= 15 is 0 Å². The van der Waals surface area contributed by atoms with Gasteiger partial charge in [-0.1, -0.05) is 0 Å². The van der Waals surface area contributed by atoms with E-state index < -0.39 is 89.6 Å². The number of phosphoric ester groups is 2. The number of phosphoric acid groups is 2. The summed E-state index contributed by atoms with van der Waals surface area (Å²) in [7, 11) is -10.6. The van der Waals surface area contributed by atoms with Crippen molar-refractivity contribution in [3.05, 3.63) is 32.6 Å². The van der Waals surface area contributed by atoms with Gasteiger partial charge in [0.05, 0.1) is 25.4 Å². The van der Waals surface area contributed by atoms with Crippen molar-refractivity contribution in [2.75, 3.05) is 13.2 Å². The van der Waals surface area contributed by atoms with E-state index in [1.54, 1.807) is 0 Å². The van der Waals surface area contributed by atoms with Crippen LogP contribution in [0.4, 0.5) is 0 Å². The smallest absolute Gasteiger partial charge is 0.394 e. The predicted molar refractivity (Wildman–Crippen MR) is 111 cm³/mol. The first-order chi connectivity index (χ1) is 16.2. The minimum Gasteiger partial charge on any atom is -0.394 e. The molecule has 3 heterocycles. The van der Waals surface area contributed by atoms with Gasteiger partial charge in [-0.05, 0) is 6.92 Å². The van der Waals surface area contributed by atoms with Crippen molar-refractivity contribution in [2.24, 2.45) is 0 Å². The molecule has 0 amide bonds. The average molecular weight is 548 g/mol. The number of aromatic amines is 1. The molecule has 2 aliphatic rings. The van der Waals surface area contributed by atoms with Gasteiger partial charge in [0.1, 0.15) is 24.5 Å². The van der Waals surface area contributed by atoms with Crippen LogP contribution in [0, 0.1) is 6.92 Å². The van der Waals surface area contributed by atoms with Crippen molar-refractivity contribution < 1.29 is 62.2 Å². The highest BCUT2D eigenvalue weighted by atomic mass is 31.3. The van der Waals surface area contributed by atoms with E-state index in [0.717, 1.165) is 4.57 Å². The Bertz CT molecular complexity index is 1110. The molecule has 0 radical (unpaired) electrons. The Morgan fingerprint density at radius 1 is 1.09 bits per heavy atom. The molecule has 7 N–H and O–H groups in total. The highest BCUT2D eigenvalue weighted by Crippen LogP contribution is 2.61. The number of aliphatic hydroxyl groups excluding tert-OH is 4. The highest BCUT2D eigenvalue weighted by Gasteiger charge is 2.44. The van der Waals surface area contributed by atoms with E-state index in [0.29, 0.717) is 0 Å². The summed E-state index contributed by atoms with van der Waals surface area (Å²) in [6.07, 6.45) is -9.05. The standard InChI is InChI=1S/C16H26N2O15P2/c1-7-4-18(16(24)17-15(7)23)12-2-8(20)11(30-12)6-29-34(25,26)33-35(27,28)32-13-3-9(21)14(22)10(5-19)31-13/h4,8-14,19-22H,2-3,5-6H2,1H3,(H,25,26)(H,27,28)(H,17,23,24)/t8-,9?,10?,11+,12?,13?,14?/m0/s1. The molecule has 0 aliphatic carbocycles. The lowest BCUT2D eigenvalue weighted by Crippen LogP contribution is -2.50. The number of ether oxygens (including phenoxy) is 2. The molecule has 0 bridgehead atoms. The van der Waals surface area contributed by atoms with E-state index in [4.69, 9.17) is 14.6 Å². The summed E-state index contributed by atoms with van der Waals surface area (Å²) in [5, 5.41) is 38.6. The molecule has 3 rings (SSSR count). The van der Waals surface area contributed by atoms with Gasteiger partial charge in [0.25, 0.3) is 5.56 Å². The molecule has 2 fully saturated rings. The third-order valence-electron chi connectivity index (χ3n) is 5.23. The second kappa shape index (κ2) is 11.0. The number of H-pyrrole nitrogens is 1.